The third-order valence-corrected chi connectivity index (χ3v) is 4.52. The monoisotopic (exact) mass is 215 g/mol. The minimum atomic E-state index is 0.520. The normalized spacial score (nSPS) is 34.2. The number of benzene rings is 1. The minimum absolute atomic E-state index is 0.520. The Kier molecular flexibility index (Phi) is 1.76. The van der Waals surface area contributed by atoms with E-state index in [1.807, 2.05) is 0 Å². The fourth-order valence-electron chi connectivity index (χ4n) is 3.40. The maximum atomic E-state index is 3.66. The molecule has 2 fully saturated rings. The Labute approximate surface area is 95.6 Å². The Morgan fingerprint density at radius 3 is 2.62 bits per heavy atom. The molecule has 0 radical (unpaired) electrons. The summed E-state index contributed by atoms with van der Waals surface area (Å²) < 4.78 is 0. The highest BCUT2D eigenvalue weighted by Crippen LogP contribution is 2.42. The molecule has 84 valence electrons. The largest absolute Gasteiger partial charge is 0.315 e. The van der Waals surface area contributed by atoms with Gasteiger partial charge in [0.05, 0.1) is 0 Å². The summed E-state index contributed by atoms with van der Waals surface area (Å²) in [5.41, 5.74) is 3.52. The van der Waals surface area contributed by atoms with Gasteiger partial charge in [-0.3, -0.25) is 0 Å². The lowest BCUT2D eigenvalue weighted by Crippen LogP contribution is -2.77. The van der Waals surface area contributed by atoms with Crippen LogP contribution in [0.3, 0.4) is 0 Å². The molecule has 2 unspecified atom stereocenters. The first kappa shape index (κ1) is 9.16. The molecule has 3 heteroatoms. The van der Waals surface area contributed by atoms with Crippen molar-refractivity contribution in [2.75, 3.05) is 19.6 Å². The fraction of sp³-hybridized carbons (Fsp3) is 0.538. The first-order chi connectivity index (χ1) is 7.89. The van der Waals surface area contributed by atoms with E-state index in [4.69, 9.17) is 0 Å². The molecule has 3 N–H and O–H groups in total. The van der Waals surface area contributed by atoms with Crippen LogP contribution < -0.4 is 16.0 Å². The SMILES string of the molecule is c1ccc2c(c1)CNC2C1NCC12CNC2. The van der Waals surface area contributed by atoms with E-state index in [2.05, 4.69) is 40.2 Å². The Morgan fingerprint density at radius 2 is 1.94 bits per heavy atom. The van der Waals surface area contributed by atoms with Crippen LogP contribution in [0.4, 0.5) is 0 Å². The van der Waals surface area contributed by atoms with Crippen molar-refractivity contribution in [3.63, 3.8) is 0 Å². The van der Waals surface area contributed by atoms with Gasteiger partial charge in [-0.05, 0) is 11.1 Å². The number of hydrogen-bond acceptors (Lipinski definition) is 3. The van der Waals surface area contributed by atoms with Gasteiger partial charge in [-0.25, -0.2) is 0 Å². The van der Waals surface area contributed by atoms with E-state index in [0.717, 1.165) is 6.54 Å². The summed E-state index contributed by atoms with van der Waals surface area (Å²) in [6, 6.07) is 9.96. The van der Waals surface area contributed by atoms with Crippen molar-refractivity contribution in [3.05, 3.63) is 35.4 Å². The van der Waals surface area contributed by atoms with E-state index < -0.39 is 0 Å². The van der Waals surface area contributed by atoms with Gasteiger partial charge in [-0.1, -0.05) is 24.3 Å². The highest BCUT2D eigenvalue weighted by molar-refractivity contribution is 5.37. The van der Waals surface area contributed by atoms with Crippen LogP contribution in [-0.4, -0.2) is 25.7 Å². The molecule has 0 aliphatic carbocycles. The summed E-state index contributed by atoms with van der Waals surface area (Å²) in [4.78, 5) is 0. The molecule has 3 nitrogen and oxygen atoms in total. The Hall–Kier alpha value is -0.900. The van der Waals surface area contributed by atoms with Crippen molar-refractivity contribution in [2.24, 2.45) is 5.41 Å². The molecule has 3 aliphatic heterocycles. The lowest BCUT2D eigenvalue weighted by molar-refractivity contribution is 0.00200. The van der Waals surface area contributed by atoms with E-state index >= 15 is 0 Å². The van der Waals surface area contributed by atoms with Gasteiger partial charge in [0.2, 0.25) is 0 Å². The molecule has 16 heavy (non-hydrogen) atoms. The van der Waals surface area contributed by atoms with Gasteiger partial charge in [-0.15, -0.1) is 0 Å². The van der Waals surface area contributed by atoms with Gasteiger partial charge in [0.25, 0.3) is 0 Å². The number of fused-ring (bicyclic) bond motifs is 1. The van der Waals surface area contributed by atoms with Crippen molar-refractivity contribution < 1.29 is 0 Å². The number of rotatable bonds is 1. The average Bonchev–Trinajstić information content (AvgIpc) is 2.59. The van der Waals surface area contributed by atoms with Crippen molar-refractivity contribution in [1.29, 1.82) is 0 Å². The van der Waals surface area contributed by atoms with Crippen LogP contribution in [0.1, 0.15) is 17.2 Å². The van der Waals surface area contributed by atoms with E-state index in [1.165, 1.54) is 30.8 Å². The first-order valence-corrected chi connectivity index (χ1v) is 6.14. The lowest BCUT2D eigenvalue weighted by atomic mass is 9.65. The van der Waals surface area contributed by atoms with Gasteiger partial charge < -0.3 is 16.0 Å². The molecule has 0 saturated carbocycles. The molecule has 0 amide bonds. The zero-order valence-corrected chi connectivity index (χ0v) is 9.29. The molecule has 0 bridgehead atoms. The summed E-state index contributed by atoms with van der Waals surface area (Å²) in [6.45, 7) is 4.59. The molecule has 0 aromatic heterocycles. The van der Waals surface area contributed by atoms with Gasteiger partial charge in [0.15, 0.2) is 0 Å². The summed E-state index contributed by atoms with van der Waals surface area (Å²) in [5, 5.41) is 10.7. The van der Waals surface area contributed by atoms with Crippen LogP contribution in [0.2, 0.25) is 0 Å². The molecular formula is C13H17N3. The third kappa shape index (κ3) is 1.03. The maximum absolute atomic E-state index is 3.66. The van der Waals surface area contributed by atoms with Crippen LogP contribution in [0, 0.1) is 5.41 Å². The van der Waals surface area contributed by atoms with Crippen molar-refractivity contribution in [3.8, 4) is 0 Å². The van der Waals surface area contributed by atoms with Gasteiger partial charge in [0.1, 0.15) is 0 Å². The standard InChI is InChI=1S/C13H17N3/c1-2-4-10-9(3-1)5-15-11(10)12-13(8-16-12)6-14-7-13/h1-4,11-12,14-16H,5-8H2. The maximum Gasteiger partial charge on any atom is 0.0488 e. The summed E-state index contributed by atoms with van der Waals surface area (Å²) in [7, 11) is 0. The van der Waals surface area contributed by atoms with Crippen molar-refractivity contribution in [2.45, 2.75) is 18.6 Å². The second-order valence-electron chi connectivity index (χ2n) is 5.38. The van der Waals surface area contributed by atoms with E-state index in [-0.39, 0.29) is 0 Å². The Morgan fingerprint density at radius 1 is 1.06 bits per heavy atom. The van der Waals surface area contributed by atoms with E-state index in [0.29, 0.717) is 17.5 Å². The predicted octanol–water partition coefficient (Wildman–Crippen LogP) is 0.392. The molecule has 2 saturated heterocycles. The summed E-state index contributed by atoms with van der Waals surface area (Å²) in [5.74, 6) is 0. The van der Waals surface area contributed by atoms with Crippen LogP contribution in [0.25, 0.3) is 0 Å². The average molecular weight is 215 g/mol. The molecule has 3 aliphatic rings. The van der Waals surface area contributed by atoms with Crippen LogP contribution in [0.5, 0.6) is 0 Å². The lowest BCUT2D eigenvalue weighted by Gasteiger charge is -2.58. The molecule has 1 spiro atoms. The molecule has 2 atom stereocenters. The number of hydrogen-bond donors (Lipinski definition) is 3. The predicted molar refractivity (Wildman–Crippen MR) is 63.1 cm³/mol. The summed E-state index contributed by atoms with van der Waals surface area (Å²) in [6.07, 6.45) is 0. The van der Waals surface area contributed by atoms with Gasteiger partial charge in [-0.2, -0.15) is 0 Å². The second-order valence-corrected chi connectivity index (χ2v) is 5.38. The number of nitrogens with one attached hydrogen (secondary N) is 3. The zero-order chi connectivity index (χ0) is 10.6. The highest BCUT2D eigenvalue weighted by Gasteiger charge is 2.54. The molecular weight excluding hydrogens is 198 g/mol. The van der Waals surface area contributed by atoms with Crippen LogP contribution in [0.15, 0.2) is 24.3 Å². The fourth-order valence-corrected chi connectivity index (χ4v) is 3.40. The van der Waals surface area contributed by atoms with Gasteiger partial charge in [0, 0.05) is 43.7 Å². The Balaban J connectivity index is 1.66. The third-order valence-electron chi connectivity index (χ3n) is 4.52. The minimum Gasteiger partial charge on any atom is -0.315 e. The van der Waals surface area contributed by atoms with Crippen LogP contribution in [-0.2, 0) is 6.54 Å². The first-order valence-electron chi connectivity index (χ1n) is 6.14. The quantitative estimate of drug-likeness (QED) is 0.634. The van der Waals surface area contributed by atoms with E-state index in [9.17, 15) is 0 Å². The smallest absolute Gasteiger partial charge is 0.0488 e. The van der Waals surface area contributed by atoms with E-state index in [1.54, 1.807) is 0 Å². The van der Waals surface area contributed by atoms with Crippen molar-refractivity contribution in [1.82, 2.24) is 16.0 Å². The molecule has 3 heterocycles. The van der Waals surface area contributed by atoms with Crippen LogP contribution >= 0.6 is 0 Å². The Bertz CT molecular complexity index is 419. The topological polar surface area (TPSA) is 36.1 Å². The second kappa shape index (κ2) is 3.06. The highest BCUT2D eigenvalue weighted by atomic mass is 15.2. The van der Waals surface area contributed by atoms with Crippen molar-refractivity contribution >= 4 is 0 Å². The molecule has 1 aromatic carbocycles. The molecule has 4 rings (SSSR count). The zero-order valence-electron chi connectivity index (χ0n) is 9.29. The summed E-state index contributed by atoms with van der Waals surface area (Å²) >= 11 is 0. The van der Waals surface area contributed by atoms with Gasteiger partial charge >= 0.3 is 0 Å². The molecule has 1 aromatic rings.